The van der Waals surface area contributed by atoms with Crippen molar-refractivity contribution >= 4 is 12.4 Å². The minimum atomic E-state index is 0. The zero-order valence-corrected chi connectivity index (χ0v) is 27.3. The number of rotatable bonds is 32. The van der Waals surface area contributed by atoms with Crippen molar-refractivity contribution in [3.05, 3.63) is 0 Å². The third kappa shape index (κ3) is 36.2. The maximum Gasteiger partial charge on any atom is -0.00218 e. The maximum absolute atomic E-state index is 2.59. The summed E-state index contributed by atoms with van der Waals surface area (Å²) in [6, 6.07) is 0. The summed E-state index contributed by atoms with van der Waals surface area (Å²) in [6.07, 6.45) is 43.8. The fourth-order valence-corrected chi connectivity index (χ4v) is 5.62. The summed E-state index contributed by atoms with van der Waals surface area (Å²) >= 11 is 0. The average Bonchev–Trinajstić information content (AvgIpc) is 2.88. The first kappa shape index (κ1) is 39.4. The predicted molar refractivity (Wildman–Crippen MR) is 175 cm³/mol. The van der Waals surface area contributed by atoms with Crippen LogP contribution in [0.1, 0.15) is 206 Å². The molecule has 0 aliphatic rings. The smallest absolute Gasteiger partial charge is 0.00218 e. The second-order valence-corrected chi connectivity index (χ2v) is 12.2. The van der Waals surface area contributed by atoms with Gasteiger partial charge in [-0.05, 0) is 33.0 Å². The first-order chi connectivity index (χ1) is 17.8. The molecule has 0 aliphatic carbocycles. The monoisotopic (exact) mass is 544 g/mol. The first-order valence-electron chi connectivity index (χ1n) is 17.5. The zero-order chi connectivity index (χ0) is 26.2. The summed E-state index contributed by atoms with van der Waals surface area (Å²) in [4.78, 5) is 2.59. The Balaban J connectivity index is 0. The Kier molecular flexibility index (Phi) is 38.6. The van der Waals surface area contributed by atoms with Crippen molar-refractivity contribution in [1.82, 2.24) is 4.90 Å². The van der Waals surface area contributed by atoms with Gasteiger partial charge in [0.1, 0.15) is 0 Å². The van der Waals surface area contributed by atoms with Gasteiger partial charge in [0.25, 0.3) is 0 Å². The lowest BCUT2D eigenvalue weighted by Crippen LogP contribution is -2.20. The van der Waals surface area contributed by atoms with Crippen molar-refractivity contribution in [1.29, 1.82) is 0 Å². The molecule has 37 heavy (non-hydrogen) atoms. The van der Waals surface area contributed by atoms with Crippen molar-refractivity contribution in [2.24, 2.45) is 0 Å². The number of unbranched alkanes of at least 4 members (excludes halogenated alkanes) is 28. The van der Waals surface area contributed by atoms with E-state index in [9.17, 15) is 0 Å². The molecule has 0 aliphatic heterocycles. The van der Waals surface area contributed by atoms with Crippen LogP contribution in [0.25, 0.3) is 0 Å². The van der Waals surface area contributed by atoms with E-state index in [0.717, 1.165) is 0 Å². The zero-order valence-electron chi connectivity index (χ0n) is 26.5. The average molecular weight is 544 g/mol. The Morgan fingerprint density at radius 3 is 0.622 bits per heavy atom. The Bertz CT molecular complexity index is 338. The van der Waals surface area contributed by atoms with Gasteiger partial charge in [-0.15, -0.1) is 12.4 Å². The van der Waals surface area contributed by atoms with Gasteiger partial charge in [-0.3, -0.25) is 0 Å². The molecule has 1 nitrogen and oxygen atoms in total. The second-order valence-electron chi connectivity index (χ2n) is 12.2. The lowest BCUT2D eigenvalue weighted by atomic mass is 10.0. The fourth-order valence-electron chi connectivity index (χ4n) is 5.62. The highest BCUT2D eigenvalue weighted by Gasteiger charge is 2.00. The number of nitrogens with zero attached hydrogens (tertiary/aromatic N) is 1. The molecule has 0 atom stereocenters. The van der Waals surface area contributed by atoms with E-state index in [-0.39, 0.29) is 12.4 Å². The molecule has 0 aromatic heterocycles. The summed E-state index contributed by atoms with van der Waals surface area (Å²) in [7, 11) is 2.34. The number of hydrogen-bond donors (Lipinski definition) is 0. The standard InChI is InChI=1S/C35H73N.ClH/c1-4-6-8-10-12-14-16-18-20-22-24-26-28-30-32-34-36(3)35-33-31-29-27-25-23-21-19-17-15-13-11-9-7-5-2;/h4-35H2,1-3H3;1H. The third-order valence-electron chi connectivity index (χ3n) is 8.29. The van der Waals surface area contributed by atoms with E-state index < -0.39 is 0 Å². The lowest BCUT2D eigenvalue weighted by molar-refractivity contribution is 0.314. The molecule has 0 fully saturated rings. The normalized spacial score (nSPS) is 11.4. The molecule has 0 heterocycles. The van der Waals surface area contributed by atoms with Gasteiger partial charge < -0.3 is 4.90 Å². The van der Waals surface area contributed by atoms with Crippen LogP contribution in [0.4, 0.5) is 0 Å². The Morgan fingerprint density at radius 1 is 0.270 bits per heavy atom. The highest BCUT2D eigenvalue weighted by atomic mass is 35.5. The van der Waals surface area contributed by atoms with Gasteiger partial charge in [-0.25, -0.2) is 0 Å². The maximum atomic E-state index is 2.59. The predicted octanol–water partition coefficient (Wildman–Crippen LogP) is 13.1. The highest BCUT2D eigenvalue weighted by molar-refractivity contribution is 5.85. The van der Waals surface area contributed by atoms with E-state index in [0.29, 0.717) is 0 Å². The van der Waals surface area contributed by atoms with Gasteiger partial charge in [0.05, 0.1) is 0 Å². The largest absolute Gasteiger partial charge is 0.306 e. The summed E-state index contributed by atoms with van der Waals surface area (Å²) in [5.41, 5.74) is 0. The van der Waals surface area contributed by atoms with E-state index in [1.54, 1.807) is 0 Å². The summed E-state index contributed by atoms with van der Waals surface area (Å²) in [5, 5.41) is 0. The first-order valence-corrected chi connectivity index (χ1v) is 17.5. The number of halogens is 1. The van der Waals surface area contributed by atoms with Gasteiger partial charge in [0, 0.05) is 0 Å². The molecule has 0 saturated carbocycles. The molecule has 0 bridgehead atoms. The molecule has 0 aromatic carbocycles. The second kappa shape index (κ2) is 36.2. The van der Waals surface area contributed by atoms with Crippen LogP contribution in [0, 0.1) is 0 Å². The Hall–Kier alpha value is 0.250. The van der Waals surface area contributed by atoms with E-state index in [1.807, 2.05) is 0 Å². The van der Waals surface area contributed by atoms with E-state index in [2.05, 4.69) is 25.8 Å². The van der Waals surface area contributed by atoms with Crippen LogP contribution in [0.2, 0.25) is 0 Å². The molecular formula is C35H74ClN. The Morgan fingerprint density at radius 2 is 0.432 bits per heavy atom. The van der Waals surface area contributed by atoms with Crippen molar-refractivity contribution in [3.8, 4) is 0 Å². The molecule has 0 aromatic rings. The third-order valence-corrected chi connectivity index (χ3v) is 8.29. The van der Waals surface area contributed by atoms with Crippen LogP contribution in [0.5, 0.6) is 0 Å². The van der Waals surface area contributed by atoms with Crippen molar-refractivity contribution in [2.45, 2.75) is 206 Å². The van der Waals surface area contributed by atoms with Crippen LogP contribution >= 0.6 is 12.4 Å². The minimum Gasteiger partial charge on any atom is -0.306 e. The van der Waals surface area contributed by atoms with Gasteiger partial charge >= 0.3 is 0 Å². The number of hydrogen-bond acceptors (Lipinski definition) is 1. The van der Waals surface area contributed by atoms with Gasteiger partial charge in [-0.1, -0.05) is 194 Å². The fraction of sp³-hybridized carbons (Fsp3) is 1.00. The van der Waals surface area contributed by atoms with Gasteiger partial charge in [0.15, 0.2) is 0 Å². The van der Waals surface area contributed by atoms with E-state index in [4.69, 9.17) is 0 Å². The summed E-state index contributed by atoms with van der Waals surface area (Å²) < 4.78 is 0. The van der Waals surface area contributed by atoms with Crippen molar-refractivity contribution in [3.63, 3.8) is 0 Å². The van der Waals surface area contributed by atoms with Crippen LogP contribution in [-0.4, -0.2) is 25.0 Å². The van der Waals surface area contributed by atoms with E-state index in [1.165, 1.54) is 206 Å². The highest BCUT2D eigenvalue weighted by Crippen LogP contribution is 2.15. The van der Waals surface area contributed by atoms with Crippen LogP contribution in [0.3, 0.4) is 0 Å². The molecule has 2 heteroatoms. The van der Waals surface area contributed by atoms with Crippen LogP contribution in [0.15, 0.2) is 0 Å². The molecule has 0 unspecified atom stereocenters. The molecule has 0 radical (unpaired) electrons. The quantitative estimate of drug-likeness (QED) is 0.0762. The molecule has 0 saturated heterocycles. The molecule has 226 valence electrons. The van der Waals surface area contributed by atoms with Crippen molar-refractivity contribution < 1.29 is 0 Å². The van der Waals surface area contributed by atoms with Crippen LogP contribution < -0.4 is 0 Å². The van der Waals surface area contributed by atoms with E-state index >= 15 is 0 Å². The van der Waals surface area contributed by atoms with Gasteiger partial charge in [0.2, 0.25) is 0 Å². The summed E-state index contributed by atoms with van der Waals surface area (Å²) in [6.45, 7) is 7.25. The van der Waals surface area contributed by atoms with Crippen molar-refractivity contribution in [2.75, 3.05) is 20.1 Å². The Labute approximate surface area is 243 Å². The molecule has 0 rings (SSSR count). The molecular weight excluding hydrogens is 470 g/mol. The van der Waals surface area contributed by atoms with Crippen LogP contribution in [-0.2, 0) is 0 Å². The van der Waals surface area contributed by atoms with Gasteiger partial charge in [-0.2, -0.15) is 0 Å². The minimum absolute atomic E-state index is 0. The SMILES string of the molecule is CCCCCCCCCCCCCCCCCN(C)CCCCCCCCCCCCCCCCC.Cl. The topological polar surface area (TPSA) is 3.24 Å². The summed E-state index contributed by atoms with van der Waals surface area (Å²) in [5.74, 6) is 0. The lowest BCUT2D eigenvalue weighted by Gasteiger charge is -2.16. The molecule has 0 spiro atoms. The molecule has 0 N–H and O–H groups in total. The molecule has 0 amide bonds.